The molecule has 6 nitrogen and oxygen atoms in total. The van der Waals surface area contributed by atoms with Gasteiger partial charge in [-0.15, -0.1) is 0 Å². The van der Waals surface area contributed by atoms with Gasteiger partial charge in [-0.3, -0.25) is 4.79 Å². The number of nitrogens with zero attached hydrogens (tertiary/aromatic N) is 4. The Kier molecular flexibility index (Phi) is 4.43. The van der Waals surface area contributed by atoms with Gasteiger partial charge in [-0.2, -0.15) is 5.10 Å². The molecule has 3 heterocycles. The van der Waals surface area contributed by atoms with Crippen LogP contribution in [0.1, 0.15) is 41.0 Å². The number of aryl methyl sites for hydroxylation is 2. The van der Waals surface area contributed by atoms with Crippen LogP contribution < -0.4 is 0 Å². The van der Waals surface area contributed by atoms with E-state index >= 15 is 0 Å². The fraction of sp³-hybridized carbons (Fsp3) is 0.471. The summed E-state index contributed by atoms with van der Waals surface area (Å²) in [5.41, 5.74) is 2.52. The van der Waals surface area contributed by atoms with Crippen LogP contribution in [-0.4, -0.2) is 49.9 Å². The molecule has 0 unspecified atom stereocenters. The molecule has 0 radical (unpaired) electrons. The van der Waals surface area contributed by atoms with Crippen LogP contribution in [0.3, 0.4) is 0 Å². The molecule has 1 aliphatic heterocycles. The van der Waals surface area contributed by atoms with Gasteiger partial charge in [0, 0.05) is 25.0 Å². The fourth-order valence-corrected chi connectivity index (χ4v) is 2.96. The number of amides is 1. The van der Waals surface area contributed by atoms with Gasteiger partial charge in [0.05, 0.1) is 17.4 Å². The molecule has 1 fully saturated rings. The molecule has 0 aliphatic carbocycles. The molecule has 1 aliphatic rings. The van der Waals surface area contributed by atoms with Crippen molar-refractivity contribution in [1.29, 1.82) is 0 Å². The van der Waals surface area contributed by atoms with Crippen molar-refractivity contribution in [3.63, 3.8) is 0 Å². The molecule has 0 bridgehead atoms. The molecule has 6 heteroatoms. The smallest absolute Gasteiger partial charge is 0.255 e. The highest BCUT2D eigenvalue weighted by atomic mass is 16.3. The van der Waals surface area contributed by atoms with Crippen LogP contribution in [0, 0.1) is 13.8 Å². The zero-order valence-corrected chi connectivity index (χ0v) is 13.6. The monoisotopic (exact) mass is 314 g/mol. The Morgan fingerprint density at radius 2 is 2.09 bits per heavy atom. The van der Waals surface area contributed by atoms with E-state index in [0.717, 1.165) is 24.2 Å². The zero-order chi connectivity index (χ0) is 16.4. The first-order valence-electron chi connectivity index (χ1n) is 8.01. The van der Waals surface area contributed by atoms with E-state index in [1.165, 1.54) is 0 Å². The lowest BCUT2D eigenvalue weighted by atomic mass is 10.2. The maximum Gasteiger partial charge on any atom is 0.255 e. The Balaban J connectivity index is 1.76. The lowest BCUT2D eigenvalue weighted by molar-refractivity contribution is 0.0752. The second-order valence-electron chi connectivity index (χ2n) is 6.12. The summed E-state index contributed by atoms with van der Waals surface area (Å²) < 4.78 is 1.77. The number of hydrogen-bond acceptors (Lipinski definition) is 4. The molecule has 0 spiro atoms. The average molecular weight is 314 g/mol. The lowest BCUT2D eigenvalue weighted by Crippen LogP contribution is -2.32. The Morgan fingerprint density at radius 3 is 2.74 bits per heavy atom. The maximum absolute atomic E-state index is 12.6. The average Bonchev–Trinajstić information content (AvgIpc) is 2.74. The van der Waals surface area contributed by atoms with E-state index in [9.17, 15) is 9.90 Å². The third-order valence-electron chi connectivity index (χ3n) is 4.21. The molecule has 1 N–H and O–H groups in total. The van der Waals surface area contributed by atoms with Gasteiger partial charge >= 0.3 is 0 Å². The number of likely N-dealkylation sites (tertiary alicyclic amines) is 1. The zero-order valence-electron chi connectivity index (χ0n) is 13.6. The van der Waals surface area contributed by atoms with E-state index in [2.05, 4.69) is 10.1 Å². The third-order valence-corrected chi connectivity index (χ3v) is 4.21. The molecule has 2 aromatic heterocycles. The number of carbonyl (C=O) groups excluding carboxylic acids is 1. The highest BCUT2D eigenvalue weighted by Gasteiger charge is 2.20. The summed E-state index contributed by atoms with van der Waals surface area (Å²) in [6, 6.07) is 5.60. The minimum Gasteiger partial charge on any atom is -0.393 e. The Morgan fingerprint density at radius 1 is 1.26 bits per heavy atom. The van der Waals surface area contributed by atoms with Gasteiger partial charge in [0.25, 0.3) is 5.91 Å². The largest absolute Gasteiger partial charge is 0.393 e. The van der Waals surface area contributed by atoms with Crippen molar-refractivity contribution in [2.45, 2.75) is 39.2 Å². The van der Waals surface area contributed by atoms with Crippen molar-refractivity contribution in [2.75, 3.05) is 13.1 Å². The second kappa shape index (κ2) is 6.50. The third kappa shape index (κ3) is 3.42. The molecule has 0 saturated carbocycles. The van der Waals surface area contributed by atoms with Crippen molar-refractivity contribution in [3.05, 3.63) is 41.3 Å². The van der Waals surface area contributed by atoms with E-state index in [-0.39, 0.29) is 12.0 Å². The summed E-state index contributed by atoms with van der Waals surface area (Å²) in [6.07, 6.45) is 3.56. The normalized spacial score (nSPS) is 18.7. The quantitative estimate of drug-likeness (QED) is 0.918. The van der Waals surface area contributed by atoms with Gasteiger partial charge in [-0.1, -0.05) is 0 Å². The van der Waals surface area contributed by atoms with E-state index in [1.807, 2.05) is 26.0 Å². The second-order valence-corrected chi connectivity index (χ2v) is 6.12. The standard InChI is InChI=1S/C17H22N4O2/c1-12-10-13(2)21(19-12)16-6-5-14(11-18-16)17(23)20-8-3-4-15(22)7-9-20/h5-6,10-11,15,22H,3-4,7-9H2,1-2H3/t15-/m1/s1. The van der Waals surface area contributed by atoms with E-state index in [4.69, 9.17) is 0 Å². The van der Waals surface area contributed by atoms with E-state index in [0.29, 0.717) is 30.9 Å². The molecule has 23 heavy (non-hydrogen) atoms. The highest BCUT2D eigenvalue weighted by Crippen LogP contribution is 2.15. The topological polar surface area (TPSA) is 71.2 Å². The van der Waals surface area contributed by atoms with Crippen LogP contribution in [0.15, 0.2) is 24.4 Å². The molecule has 1 amide bonds. The van der Waals surface area contributed by atoms with Crippen molar-refractivity contribution < 1.29 is 9.90 Å². The Labute approximate surface area is 135 Å². The maximum atomic E-state index is 12.6. The Hall–Kier alpha value is -2.21. The van der Waals surface area contributed by atoms with Crippen LogP contribution in [0.5, 0.6) is 0 Å². The summed E-state index contributed by atoms with van der Waals surface area (Å²) in [5, 5.41) is 14.1. The predicted molar refractivity (Wildman–Crippen MR) is 86.6 cm³/mol. The minimum absolute atomic E-state index is 0.0217. The highest BCUT2D eigenvalue weighted by molar-refractivity contribution is 5.94. The minimum atomic E-state index is -0.292. The number of aromatic nitrogens is 3. The van der Waals surface area contributed by atoms with Crippen molar-refractivity contribution in [3.8, 4) is 5.82 Å². The van der Waals surface area contributed by atoms with Crippen LogP contribution in [0.2, 0.25) is 0 Å². The van der Waals surface area contributed by atoms with Crippen LogP contribution in [-0.2, 0) is 0 Å². The van der Waals surface area contributed by atoms with Gasteiger partial charge in [-0.25, -0.2) is 9.67 Å². The summed E-state index contributed by atoms with van der Waals surface area (Å²) in [4.78, 5) is 18.7. The molecule has 0 aromatic carbocycles. The van der Waals surface area contributed by atoms with Crippen LogP contribution in [0.4, 0.5) is 0 Å². The molecular weight excluding hydrogens is 292 g/mol. The van der Waals surface area contributed by atoms with Crippen LogP contribution >= 0.6 is 0 Å². The van der Waals surface area contributed by atoms with Gasteiger partial charge in [0.15, 0.2) is 5.82 Å². The van der Waals surface area contributed by atoms with E-state index in [1.54, 1.807) is 21.8 Å². The lowest BCUT2D eigenvalue weighted by Gasteiger charge is -2.20. The van der Waals surface area contributed by atoms with Gasteiger partial charge in [0.1, 0.15) is 0 Å². The number of carbonyl (C=O) groups is 1. The van der Waals surface area contributed by atoms with Crippen molar-refractivity contribution >= 4 is 5.91 Å². The number of rotatable bonds is 2. The van der Waals surface area contributed by atoms with Gasteiger partial charge < -0.3 is 10.0 Å². The summed E-state index contributed by atoms with van der Waals surface area (Å²) >= 11 is 0. The van der Waals surface area contributed by atoms with Crippen LogP contribution in [0.25, 0.3) is 5.82 Å². The molecule has 2 aromatic rings. The summed E-state index contributed by atoms with van der Waals surface area (Å²) in [6.45, 7) is 5.20. The number of aliphatic hydroxyl groups excluding tert-OH is 1. The van der Waals surface area contributed by atoms with E-state index < -0.39 is 0 Å². The molecular formula is C17H22N4O2. The first kappa shape index (κ1) is 15.7. The molecule has 1 saturated heterocycles. The summed E-state index contributed by atoms with van der Waals surface area (Å²) in [7, 11) is 0. The van der Waals surface area contributed by atoms with Crippen molar-refractivity contribution in [1.82, 2.24) is 19.7 Å². The molecule has 1 atom stereocenters. The Bertz CT molecular complexity index is 693. The molecule has 122 valence electrons. The first-order valence-corrected chi connectivity index (χ1v) is 8.01. The van der Waals surface area contributed by atoms with Crippen molar-refractivity contribution in [2.24, 2.45) is 0 Å². The number of pyridine rings is 1. The SMILES string of the molecule is Cc1cc(C)n(-c2ccc(C(=O)N3CCC[C@@H](O)CC3)cn2)n1. The number of hydrogen-bond donors (Lipinski definition) is 1. The first-order chi connectivity index (χ1) is 11.0. The predicted octanol–water partition coefficient (Wildman–Crippen LogP) is 1.87. The summed E-state index contributed by atoms with van der Waals surface area (Å²) in [5.74, 6) is 0.685. The fourth-order valence-electron chi connectivity index (χ4n) is 2.96. The van der Waals surface area contributed by atoms with Gasteiger partial charge in [-0.05, 0) is 51.3 Å². The van der Waals surface area contributed by atoms with Gasteiger partial charge in [0.2, 0.25) is 0 Å². The number of aliphatic hydroxyl groups is 1. The molecule has 3 rings (SSSR count).